The van der Waals surface area contributed by atoms with Crippen molar-refractivity contribution in [2.45, 2.75) is 26.9 Å². The lowest BCUT2D eigenvalue weighted by atomic mass is 10.0. The Hall–Kier alpha value is -4.39. The first kappa shape index (κ1) is 22.4. The summed E-state index contributed by atoms with van der Waals surface area (Å²) in [7, 11) is 0. The summed E-state index contributed by atoms with van der Waals surface area (Å²) in [4.78, 5) is 13.2. The molecule has 0 radical (unpaired) electrons. The third-order valence-electron chi connectivity index (χ3n) is 6.00. The molecule has 1 N–H and O–H groups in total. The maximum atomic E-state index is 13.2. The van der Waals surface area contributed by atoms with E-state index >= 15 is 0 Å². The first-order chi connectivity index (χ1) is 17.1. The number of ether oxygens (including phenoxy) is 1. The molecule has 0 spiro atoms. The lowest BCUT2D eigenvalue weighted by Crippen LogP contribution is -2.26. The molecule has 0 aliphatic rings. The molecule has 7 nitrogen and oxygen atoms in total. The Morgan fingerprint density at radius 2 is 1.77 bits per heavy atom. The lowest BCUT2D eigenvalue weighted by Gasteiger charge is -2.13. The normalized spacial score (nSPS) is 11.0. The van der Waals surface area contributed by atoms with Gasteiger partial charge in [0.05, 0.1) is 28.7 Å². The molecule has 0 aliphatic carbocycles. The molecule has 1 amide bonds. The number of fused-ring (bicyclic) bond motifs is 1. The first-order valence-electron chi connectivity index (χ1n) is 11.5. The van der Waals surface area contributed by atoms with Gasteiger partial charge in [-0.1, -0.05) is 47.6 Å². The van der Waals surface area contributed by atoms with Gasteiger partial charge >= 0.3 is 0 Å². The highest BCUT2D eigenvalue weighted by molar-refractivity contribution is 6.01. The topological polar surface area (TPSA) is 82.2 Å². The second-order valence-corrected chi connectivity index (χ2v) is 8.42. The zero-order chi connectivity index (χ0) is 24.2. The number of hydrogen-bond acceptors (Lipinski definition) is 5. The SMILES string of the molecule is Cc1noc(C)c1COc1cc2ccccc2cc1C(=O)NCCc1cnn(-c2ccccc2)c1. The number of para-hydroxylation sites is 1. The molecule has 0 aliphatic heterocycles. The molecule has 3 aromatic carbocycles. The molecule has 7 heteroatoms. The van der Waals surface area contributed by atoms with E-state index in [0.29, 0.717) is 30.0 Å². The van der Waals surface area contributed by atoms with Gasteiger partial charge < -0.3 is 14.6 Å². The number of amides is 1. The van der Waals surface area contributed by atoms with Gasteiger partial charge in [-0.05, 0) is 60.9 Å². The summed E-state index contributed by atoms with van der Waals surface area (Å²) in [6, 6.07) is 21.6. The van der Waals surface area contributed by atoms with Gasteiger partial charge in [0.2, 0.25) is 0 Å². The van der Waals surface area contributed by atoms with Crippen LogP contribution < -0.4 is 10.1 Å². The van der Waals surface area contributed by atoms with Crippen molar-refractivity contribution >= 4 is 16.7 Å². The average molecular weight is 467 g/mol. The molecule has 176 valence electrons. The van der Waals surface area contributed by atoms with Gasteiger partial charge in [0.1, 0.15) is 18.1 Å². The van der Waals surface area contributed by atoms with E-state index in [1.807, 2.05) is 97.7 Å². The number of nitrogens with zero attached hydrogens (tertiary/aromatic N) is 3. The molecule has 0 atom stereocenters. The number of carbonyl (C=O) groups excluding carboxylic acids is 1. The molecule has 0 saturated carbocycles. The smallest absolute Gasteiger partial charge is 0.255 e. The van der Waals surface area contributed by atoms with Crippen molar-refractivity contribution < 1.29 is 14.1 Å². The largest absolute Gasteiger partial charge is 0.488 e. The predicted molar refractivity (Wildman–Crippen MR) is 134 cm³/mol. The molecule has 5 aromatic rings. The van der Waals surface area contributed by atoms with E-state index in [2.05, 4.69) is 15.6 Å². The number of aryl methyl sites for hydroxylation is 2. The number of nitrogens with one attached hydrogen (secondary N) is 1. The zero-order valence-electron chi connectivity index (χ0n) is 19.7. The fourth-order valence-electron chi connectivity index (χ4n) is 4.00. The molecule has 0 saturated heterocycles. The maximum Gasteiger partial charge on any atom is 0.255 e. The van der Waals surface area contributed by atoms with Crippen LogP contribution in [0.4, 0.5) is 0 Å². The molecule has 0 unspecified atom stereocenters. The summed E-state index contributed by atoms with van der Waals surface area (Å²) in [6.07, 6.45) is 4.48. The third kappa shape index (κ3) is 4.94. The Morgan fingerprint density at radius 3 is 2.51 bits per heavy atom. The number of rotatable bonds is 8. The Bertz CT molecular complexity index is 1450. The van der Waals surface area contributed by atoms with Crippen LogP contribution in [0.2, 0.25) is 0 Å². The summed E-state index contributed by atoms with van der Waals surface area (Å²) >= 11 is 0. The minimum atomic E-state index is -0.181. The highest BCUT2D eigenvalue weighted by Gasteiger charge is 2.16. The zero-order valence-corrected chi connectivity index (χ0v) is 19.7. The number of benzene rings is 3. The van der Waals surface area contributed by atoms with Crippen molar-refractivity contribution in [3.05, 3.63) is 107 Å². The van der Waals surface area contributed by atoms with Crippen LogP contribution >= 0.6 is 0 Å². The molecule has 2 heterocycles. The van der Waals surface area contributed by atoms with E-state index in [1.54, 1.807) is 0 Å². The summed E-state index contributed by atoms with van der Waals surface area (Å²) in [5.74, 6) is 1.06. The van der Waals surface area contributed by atoms with Crippen molar-refractivity contribution in [1.82, 2.24) is 20.3 Å². The number of carbonyl (C=O) groups is 1. The summed E-state index contributed by atoms with van der Waals surface area (Å²) < 4.78 is 13.2. The van der Waals surface area contributed by atoms with Gasteiger partial charge in [0.25, 0.3) is 5.91 Å². The lowest BCUT2D eigenvalue weighted by molar-refractivity contribution is 0.0950. The highest BCUT2D eigenvalue weighted by atomic mass is 16.5. The van der Waals surface area contributed by atoms with Crippen LogP contribution in [-0.4, -0.2) is 27.4 Å². The second-order valence-electron chi connectivity index (χ2n) is 8.42. The van der Waals surface area contributed by atoms with Crippen LogP contribution in [0.25, 0.3) is 16.5 Å². The van der Waals surface area contributed by atoms with E-state index in [4.69, 9.17) is 9.26 Å². The van der Waals surface area contributed by atoms with Crippen LogP contribution in [0.3, 0.4) is 0 Å². The molecule has 35 heavy (non-hydrogen) atoms. The van der Waals surface area contributed by atoms with E-state index in [1.165, 1.54) is 0 Å². The Labute approximate surface area is 203 Å². The van der Waals surface area contributed by atoms with Gasteiger partial charge in [0.15, 0.2) is 0 Å². The highest BCUT2D eigenvalue weighted by Crippen LogP contribution is 2.28. The van der Waals surface area contributed by atoms with Crippen molar-refractivity contribution in [1.29, 1.82) is 0 Å². The van der Waals surface area contributed by atoms with Gasteiger partial charge in [0, 0.05) is 12.7 Å². The van der Waals surface area contributed by atoms with Crippen molar-refractivity contribution in [3.63, 3.8) is 0 Å². The van der Waals surface area contributed by atoms with E-state index in [9.17, 15) is 4.79 Å². The van der Waals surface area contributed by atoms with Crippen molar-refractivity contribution in [2.24, 2.45) is 0 Å². The average Bonchev–Trinajstić information content (AvgIpc) is 3.49. The predicted octanol–water partition coefficient (Wildman–Crippen LogP) is 5.18. The molecular formula is C28H26N4O3. The minimum Gasteiger partial charge on any atom is -0.488 e. The quantitative estimate of drug-likeness (QED) is 0.341. The summed E-state index contributed by atoms with van der Waals surface area (Å²) in [5, 5.41) is 13.4. The molecule has 2 aromatic heterocycles. The Morgan fingerprint density at radius 1 is 1.03 bits per heavy atom. The van der Waals surface area contributed by atoms with Gasteiger partial charge in [-0.3, -0.25) is 4.79 Å². The fraction of sp³-hybridized carbons (Fsp3) is 0.179. The van der Waals surface area contributed by atoms with Crippen molar-refractivity contribution in [3.8, 4) is 11.4 Å². The monoisotopic (exact) mass is 466 g/mol. The molecule has 5 rings (SSSR count). The van der Waals surface area contributed by atoms with Crippen LogP contribution in [0.15, 0.2) is 83.6 Å². The number of hydrogen-bond donors (Lipinski definition) is 1. The summed E-state index contributed by atoms with van der Waals surface area (Å²) in [5.41, 5.74) is 4.21. The molecule has 0 fully saturated rings. The van der Waals surface area contributed by atoms with Gasteiger partial charge in [-0.2, -0.15) is 5.10 Å². The fourth-order valence-corrected chi connectivity index (χ4v) is 4.00. The van der Waals surface area contributed by atoms with Crippen LogP contribution in [-0.2, 0) is 13.0 Å². The minimum absolute atomic E-state index is 0.181. The van der Waals surface area contributed by atoms with E-state index < -0.39 is 0 Å². The Balaban J connectivity index is 1.30. The maximum absolute atomic E-state index is 13.2. The third-order valence-corrected chi connectivity index (χ3v) is 6.00. The second kappa shape index (κ2) is 9.85. The number of aromatic nitrogens is 3. The van der Waals surface area contributed by atoms with Crippen molar-refractivity contribution in [2.75, 3.05) is 6.54 Å². The van der Waals surface area contributed by atoms with E-state index in [0.717, 1.165) is 33.3 Å². The van der Waals surface area contributed by atoms with Gasteiger partial charge in [-0.25, -0.2) is 4.68 Å². The van der Waals surface area contributed by atoms with Gasteiger partial charge in [-0.15, -0.1) is 0 Å². The molecular weight excluding hydrogens is 440 g/mol. The van der Waals surface area contributed by atoms with Crippen LogP contribution in [0.1, 0.15) is 32.9 Å². The standard InChI is InChI=1S/C28H26N4O3/c1-19-26(20(2)35-31-19)18-34-27-15-23-9-7-6-8-22(23)14-25(27)28(33)29-13-12-21-16-30-32(17-21)24-10-4-3-5-11-24/h3-11,14-17H,12-13,18H2,1-2H3,(H,29,33). The molecule has 0 bridgehead atoms. The van der Waals surface area contributed by atoms with Crippen LogP contribution in [0.5, 0.6) is 5.75 Å². The van der Waals surface area contributed by atoms with E-state index in [-0.39, 0.29) is 12.5 Å². The summed E-state index contributed by atoms with van der Waals surface area (Å²) in [6.45, 7) is 4.49. The van der Waals surface area contributed by atoms with Crippen LogP contribution in [0, 0.1) is 13.8 Å². The first-order valence-corrected chi connectivity index (χ1v) is 11.5. The Kier molecular flexibility index (Phi) is 6.30.